The Morgan fingerprint density at radius 1 is 1.27 bits per heavy atom. The van der Waals surface area contributed by atoms with Crippen molar-refractivity contribution in [2.45, 2.75) is 11.8 Å². The molecular weight excluding hydrogens is 319 g/mol. The summed E-state index contributed by atoms with van der Waals surface area (Å²) >= 11 is 2.73. The molecule has 1 N–H and O–H groups in total. The number of aryl methyl sites for hydroxylation is 1. The summed E-state index contributed by atoms with van der Waals surface area (Å²) < 4.78 is 14.3. The lowest BCUT2D eigenvalue weighted by Crippen LogP contribution is -2.13. The molecule has 6 heteroatoms. The normalized spacial score (nSPS) is 10.8. The zero-order chi connectivity index (χ0) is 15.5. The van der Waals surface area contributed by atoms with Gasteiger partial charge in [0.05, 0.1) is 10.5 Å². The quantitative estimate of drug-likeness (QED) is 0.717. The van der Waals surface area contributed by atoms with Crippen LogP contribution in [-0.2, 0) is 4.79 Å². The standard InChI is InChI=1S/C16H13FN2OS2/c1-10-5-7-11(8-6-10)21-9-14(20)18-16-19-15-12(17)3-2-4-13(15)22-16/h2-8H,9H2,1H3,(H,18,19,20). The summed E-state index contributed by atoms with van der Waals surface area (Å²) in [6, 6.07) is 12.8. The first kappa shape index (κ1) is 15.0. The summed E-state index contributed by atoms with van der Waals surface area (Å²) in [6.45, 7) is 2.02. The molecule has 22 heavy (non-hydrogen) atoms. The van der Waals surface area contributed by atoms with Crippen molar-refractivity contribution in [2.75, 3.05) is 11.1 Å². The van der Waals surface area contributed by atoms with Gasteiger partial charge in [0.1, 0.15) is 11.3 Å². The summed E-state index contributed by atoms with van der Waals surface area (Å²) in [5.41, 5.74) is 1.49. The summed E-state index contributed by atoms with van der Waals surface area (Å²) in [5, 5.41) is 3.15. The Morgan fingerprint density at radius 2 is 2.05 bits per heavy atom. The molecule has 0 unspecified atom stereocenters. The molecule has 3 aromatic rings. The van der Waals surface area contributed by atoms with Crippen molar-refractivity contribution in [3.63, 3.8) is 0 Å². The van der Waals surface area contributed by atoms with Crippen LogP contribution in [-0.4, -0.2) is 16.6 Å². The van der Waals surface area contributed by atoms with Gasteiger partial charge in [0, 0.05) is 4.90 Å². The number of anilines is 1. The topological polar surface area (TPSA) is 42.0 Å². The number of thiazole rings is 1. The van der Waals surface area contributed by atoms with E-state index in [9.17, 15) is 9.18 Å². The third-order valence-corrected chi connectivity index (χ3v) is 4.96. The third kappa shape index (κ3) is 3.45. The number of hydrogen-bond donors (Lipinski definition) is 1. The van der Waals surface area contributed by atoms with E-state index >= 15 is 0 Å². The zero-order valence-electron chi connectivity index (χ0n) is 11.8. The number of nitrogens with one attached hydrogen (secondary N) is 1. The van der Waals surface area contributed by atoms with Crippen LogP contribution in [0.25, 0.3) is 10.2 Å². The van der Waals surface area contributed by atoms with Crippen LogP contribution in [0.4, 0.5) is 9.52 Å². The van der Waals surface area contributed by atoms with Crippen molar-refractivity contribution in [1.82, 2.24) is 4.98 Å². The maximum absolute atomic E-state index is 13.6. The molecule has 2 aromatic carbocycles. The minimum absolute atomic E-state index is 0.148. The summed E-state index contributed by atoms with van der Waals surface area (Å²) in [6.07, 6.45) is 0. The smallest absolute Gasteiger partial charge is 0.236 e. The fourth-order valence-electron chi connectivity index (χ4n) is 1.91. The number of hydrogen-bond acceptors (Lipinski definition) is 4. The molecule has 1 amide bonds. The number of nitrogens with zero attached hydrogens (tertiary/aromatic N) is 1. The van der Waals surface area contributed by atoms with Crippen molar-refractivity contribution < 1.29 is 9.18 Å². The van der Waals surface area contributed by atoms with Gasteiger partial charge in [0.25, 0.3) is 0 Å². The number of carbonyl (C=O) groups is 1. The number of carbonyl (C=O) groups excluding carboxylic acids is 1. The number of fused-ring (bicyclic) bond motifs is 1. The molecule has 0 aliphatic rings. The lowest BCUT2D eigenvalue weighted by molar-refractivity contribution is -0.113. The Kier molecular flexibility index (Phi) is 4.40. The minimum atomic E-state index is -0.372. The van der Waals surface area contributed by atoms with Gasteiger partial charge in [0.2, 0.25) is 5.91 Å². The maximum atomic E-state index is 13.6. The van der Waals surface area contributed by atoms with Crippen LogP contribution >= 0.6 is 23.1 Å². The first-order valence-corrected chi connectivity index (χ1v) is 8.46. The predicted molar refractivity (Wildman–Crippen MR) is 90.1 cm³/mol. The average Bonchev–Trinajstić information content (AvgIpc) is 2.90. The zero-order valence-corrected chi connectivity index (χ0v) is 13.4. The van der Waals surface area contributed by atoms with E-state index in [1.807, 2.05) is 31.2 Å². The highest BCUT2D eigenvalue weighted by atomic mass is 32.2. The van der Waals surface area contributed by atoms with E-state index in [-0.39, 0.29) is 11.7 Å². The first-order chi connectivity index (χ1) is 10.6. The molecule has 0 aliphatic heterocycles. The van der Waals surface area contributed by atoms with Crippen molar-refractivity contribution >= 4 is 44.4 Å². The highest BCUT2D eigenvalue weighted by Gasteiger charge is 2.10. The second-order valence-electron chi connectivity index (χ2n) is 4.76. The van der Waals surface area contributed by atoms with E-state index in [1.165, 1.54) is 34.7 Å². The second-order valence-corrected chi connectivity index (χ2v) is 6.83. The van der Waals surface area contributed by atoms with Crippen molar-refractivity contribution in [3.05, 3.63) is 53.8 Å². The molecule has 0 aliphatic carbocycles. The van der Waals surface area contributed by atoms with Crippen molar-refractivity contribution in [2.24, 2.45) is 0 Å². The van der Waals surface area contributed by atoms with Crippen LogP contribution < -0.4 is 5.32 Å². The minimum Gasteiger partial charge on any atom is -0.301 e. The highest BCUT2D eigenvalue weighted by molar-refractivity contribution is 8.00. The van der Waals surface area contributed by atoms with Crippen LogP contribution in [0.5, 0.6) is 0 Å². The Morgan fingerprint density at radius 3 is 2.77 bits per heavy atom. The van der Waals surface area contributed by atoms with E-state index in [4.69, 9.17) is 0 Å². The summed E-state index contributed by atoms with van der Waals surface area (Å²) in [4.78, 5) is 17.1. The highest BCUT2D eigenvalue weighted by Crippen LogP contribution is 2.27. The fraction of sp³-hybridized carbons (Fsp3) is 0.125. The molecule has 1 aromatic heterocycles. The van der Waals surface area contributed by atoms with Crippen molar-refractivity contribution in [1.29, 1.82) is 0 Å². The molecule has 0 saturated carbocycles. The van der Waals surface area contributed by atoms with Gasteiger partial charge in [0.15, 0.2) is 5.13 Å². The number of para-hydroxylation sites is 1. The predicted octanol–water partition coefficient (Wildman–Crippen LogP) is 4.47. The van der Waals surface area contributed by atoms with E-state index in [0.717, 1.165) is 9.60 Å². The Bertz CT molecular complexity index is 815. The molecule has 112 valence electrons. The van der Waals surface area contributed by atoms with Gasteiger partial charge in [-0.2, -0.15) is 0 Å². The Balaban J connectivity index is 1.63. The molecule has 3 rings (SSSR count). The van der Waals surface area contributed by atoms with Crippen LogP contribution in [0.3, 0.4) is 0 Å². The van der Waals surface area contributed by atoms with Crippen molar-refractivity contribution in [3.8, 4) is 0 Å². The van der Waals surface area contributed by atoms with Gasteiger partial charge < -0.3 is 5.32 Å². The molecule has 0 saturated heterocycles. The fourth-order valence-corrected chi connectivity index (χ4v) is 3.50. The number of aromatic nitrogens is 1. The molecule has 0 fully saturated rings. The lowest BCUT2D eigenvalue weighted by atomic mass is 10.2. The molecule has 0 radical (unpaired) electrons. The monoisotopic (exact) mass is 332 g/mol. The molecule has 0 atom stereocenters. The molecule has 3 nitrogen and oxygen atoms in total. The lowest BCUT2D eigenvalue weighted by Gasteiger charge is -2.02. The van der Waals surface area contributed by atoms with Gasteiger partial charge in [-0.15, -0.1) is 11.8 Å². The number of rotatable bonds is 4. The van der Waals surface area contributed by atoms with E-state index in [2.05, 4.69) is 10.3 Å². The largest absolute Gasteiger partial charge is 0.301 e. The van der Waals surface area contributed by atoms with E-state index in [1.54, 1.807) is 12.1 Å². The van der Waals surface area contributed by atoms with Crippen LogP contribution in [0.2, 0.25) is 0 Å². The SMILES string of the molecule is Cc1ccc(SCC(=O)Nc2nc3c(F)cccc3s2)cc1. The Hall–Kier alpha value is -1.92. The van der Waals surface area contributed by atoms with Gasteiger partial charge >= 0.3 is 0 Å². The second kappa shape index (κ2) is 6.46. The maximum Gasteiger partial charge on any atom is 0.236 e. The molecular formula is C16H13FN2OS2. The third-order valence-electron chi connectivity index (χ3n) is 3.01. The molecule has 1 heterocycles. The van der Waals surface area contributed by atoms with Gasteiger partial charge in [-0.1, -0.05) is 35.1 Å². The first-order valence-electron chi connectivity index (χ1n) is 6.66. The van der Waals surface area contributed by atoms with Gasteiger partial charge in [-0.25, -0.2) is 9.37 Å². The number of halogens is 1. The van der Waals surface area contributed by atoms with Gasteiger partial charge in [-0.3, -0.25) is 4.79 Å². The summed E-state index contributed by atoms with van der Waals surface area (Å²) in [7, 11) is 0. The molecule has 0 bridgehead atoms. The number of thioether (sulfide) groups is 1. The van der Waals surface area contributed by atoms with Crippen LogP contribution in [0.15, 0.2) is 47.4 Å². The summed E-state index contributed by atoms with van der Waals surface area (Å²) in [5.74, 6) is -0.227. The number of benzene rings is 2. The van der Waals surface area contributed by atoms with Crippen LogP contribution in [0.1, 0.15) is 5.56 Å². The number of amides is 1. The van der Waals surface area contributed by atoms with Gasteiger partial charge in [-0.05, 0) is 31.2 Å². The Labute approximate surface area is 135 Å². The molecule has 0 spiro atoms. The van der Waals surface area contributed by atoms with E-state index in [0.29, 0.717) is 16.4 Å². The van der Waals surface area contributed by atoms with E-state index < -0.39 is 0 Å². The van der Waals surface area contributed by atoms with Crippen LogP contribution in [0, 0.1) is 12.7 Å². The average molecular weight is 332 g/mol.